The molecule has 1 unspecified atom stereocenters. The van der Waals surface area contributed by atoms with Crippen LogP contribution in [-0.2, 0) is 14.3 Å². The van der Waals surface area contributed by atoms with Gasteiger partial charge in [0.2, 0.25) is 0 Å². The minimum absolute atomic E-state index is 0.322. The lowest BCUT2D eigenvalue weighted by Crippen LogP contribution is -2.55. The first-order chi connectivity index (χ1) is 11.4. The van der Waals surface area contributed by atoms with Crippen molar-refractivity contribution in [2.24, 2.45) is 0 Å². The molecular formula is C16H25N3O5. The zero-order valence-electron chi connectivity index (χ0n) is 14.0. The highest BCUT2D eigenvalue weighted by atomic mass is 16.5. The lowest BCUT2D eigenvalue weighted by Gasteiger charge is -2.32. The fourth-order valence-electron chi connectivity index (χ4n) is 3.80. The van der Waals surface area contributed by atoms with Crippen molar-refractivity contribution < 1.29 is 24.2 Å². The van der Waals surface area contributed by atoms with Gasteiger partial charge in [-0.1, -0.05) is 12.8 Å². The monoisotopic (exact) mass is 339 g/mol. The van der Waals surface area contributed by atoms with Crippen molar-refractivity contribution in [2.75, 3.05) is 32.8 Å². The maximum absolute atomic E-state index is 12.7. The van der Waals surface area contributed by atoms with Gasteiger partial charge in [0, 0.05) is 19.7 Å². The van der Waals surface area contributed by atoms with Gasteiger partial charge in [-0.3, -0.25) is 14.5 Å². The van der Waals surface area contributed by atoms with Crippen molar-refractivity contribution >= 4 is 17.8 Å². The molecule has 3 fully saturated rings. The van der Waals surface area contributed by atoms with E-state index in [0.717, 1.165) is 17.7 Å². The van der Waals surface area contributed by atoms with Crippen LogP contribution in [0.25, 0.3) is 0 Å². The molecule has 8 nitrogen and oxygen atoms in total. The number of hydrogen-bond acceptors (Lipinski definition) is 5. The third-order valence-electron chi connectivity index (χ3n) is 5.14. The quantitative estimate of drug-likeness (QED) is 0.697. The topological polar surface area (TPSA) is 99.2 Å². The molecule has 0 aromatic heterocycles. The summed E-state index contributed by atoms with van der Waals surface area (Å²) in [5, 5.41) is 13.4. The van der Waals surface area contributed by atoms with E-state index in [4.69, 9.17) is 4.74 Å². The lowest BCUT2D eigenvalue weighted by molar-refractivity contribution is -0.152. The van der Waals surface area contributed by atoms with Gasteiger partial charge in [-0.2, -0.15) is 0 Å². The summed E-state index contributed by atoms with van der Waals surface area (Å²) >= 11 is 0. The standard InChI is InChI=1S/C16H25N3O5/c1-15(23,12(20)18-7-4-9-24-10-8-18)11-19-13(21)16(17-14(19)22)5-2-3-6-16/h23H,2-11H2,1H3,(H,17,22). The van der Waals surface area contributed by atoms with Crippen LogP contribution in [0.4, 0.5) is 4.79 Å². The number of ether oxygens (including phenoxy) is 1. The van der Waals surface area contributed by atoms with Crippen molar-refractivity contribution in [1.29, 1.82) is 0 Å². The smallest absolute Gasteiger partial charge is 0.325 e. The van der Waals surface area contributed by atoms with Gasteiger partial charge in [0.25, 0.3) is 11.8 Å². The van der Waals surface area contributed by atoms with Crippen molar-refractivity contribution in [3.8, 4) is 0 Å². The molecule has 8 heteroatoms. The summed E-state index contributed by atoms with van der Waals surface area (Å²) in [5.41, 5.74) is -2.63. The first kappa shape index (κ1) is 17.2. The number of rotatable bonds is 3. The molecule has 134 valence electrons. The fourth-order valence-corrected chi connectivity index (χ4v) is 3.80. The number of nitrogens with one attached hydrogen (secondary N) is 1. The average Bonchev–Trinajstić information content (AvgIpc) is 2.96. The molecule has 1 spiro atoms. The number of nitrogens with zero attached hydrogens (tertiary/aromatic N) is 2. The molecule has 2 heterocycles. The third kappa shape index (κ3) is 3.00. The normalized spacial score (nSPS) is 26.4. The molecular weight excluding hydrogens is 314 g/mol. The van der Waals surface area contributed by atoms with Gasteiger partial charge in [-0.15, -0.1) is 0 Å². The predicted molar refractivity (Wildman–Crippen MR) is 84.1 cm³/mol. The van der Waals surface area contributed by atoms with Crippen molar-refractivity contribution in [1.82, 2.24) is 15.1 Å². The second kappa shape index (κ2) is 6.33. The molecule has 2 saturated heterocycles. The largest absolute Gasteiger partial charge is 0.380 e. The molecule has 2 N–H and O–H groups in total. The van der Waals surface area contributed by atoms with Crippen LogP contribution in [-0.4, -0.2) is 76.7 Å². The molecule has 0 bridgehead atoms. The van der Waals surface area contributed by atoms with E-state index in [2.05, 4.69) is 5.32 Å². The number of hydrogen-bond donors (Lipinski definition) is 2. The van der Waals surface area contributed by atoms with E-state index in [1.54, 1.807) is 0 Å². The average molecular weight is 339 g/mol. The van der Waals surface area contributed by atoms with Crippen LogP contribution in [0.1, 0.15) is 39.0 Å². The maximum Gasteiger partial charge on any atom is 0.325 e. The van der Waals surface area contributed by atoms with Crippen LogP contribution in [0, 0.1) is 0 Å². The lowest BCUT2D eigenvalue weighted by atomic mass is 9.97. The Bertz CT molecular complexity index is 534. The van der Waals surface area contributed by atoms with E-state index >= 15 is 0 Å². The predicted octanol–water partition coefficient (Wildman–Crippen LogP) is -0.149. The van der Waals surface area contributed by atoms with Crippen molar-refractivity contribution in [3.63, 3.8) is 0 Å². The minimum atomic E-state index is -1.80. The Morgan fingerprint density at radius 3 is 2.67 bits per heavy atom. The fraction of sp³-hybridized carbons (Fsp3) is 0.812. The summed E-state index contributed by atoms with van der Waals surface area (Å²) in [6, 6.07) is -0.519. The van der Waals surface area contributed by atoms with Gasteiger partial charge < -0.3 is 20.1 Å². The van der Waals surface area contributed by atoms with Crippen LogP contribution in [0.15, 0.2) is 0 Å². The Labute approximate surface area is 141 Å². The number of carbonyl (C=O) groups is 3. The SMILES string of the molecule is CC(O)(CN1C(=O)NC2(CCCC2)C1=O)C(=O)N1CCCOCC1. The third-order valence-corrected chi connectivity index (χ3v) is 5.14. The molecule has 4 amide bonds. The van der Waals surface area contributed by atoms with Gasteiger partial charge in [0.05, 0.1) is 13.2 Å². The van der Waals surface area contributed by atoms with Crippen LogP contribution >= 0.6 is 0 Å². The first-order valence-corrected chi connectivity index (χ1v) is 8.59. The van der Waals surface area contributed by atoms with E-state index in [1.165, 1.54) is 11.8 Å². The zero-order valence-corrected chi connectivity index (χ0v) is 14.0. The highest BCUT2D eigenvalue weighted by Gasteiger charge is 2.54. The maximum atomic E-state index is 12.7. The summed E-state index contributed by atoms with van der Waals surface area (Å²) in [5.74, 6) is -0.793. The highest BCUT2D eigenvalue weighted by molar-refractivity contribution is 6.07. The number of amides is 4. The Morgan fingerprint density at radius 2 is 1.96 bits per heavy atom. The van der Waals surface area contributed by atoms with E-state index in [-0.39, 0.29) is 12.5 Å². The molecule has 3 rings (SSSR count). The molecule has 1 aliphatic carbocycles. The molecule has 1 atom stereocenters. The number of β-amino-alcohol motifs (C(OH)–C–C–N with tert-alkyl or cyclic N) is 1. The number of urea groups is 1. The highest BCUT2D eigenvalue weighted by Crippen LogP contribution is 2.35. The number of aliphatic hydroxyl groups is 1. The molecule has 24 heavy (non-hydrogen) atoms. The summed E-state index contributed by atoms with van der Waals surface area (Å²) < 4.78 is 5.31. The molecule has 0 aromatic carbocycles. The summed E-state index contributed by atoms with van der Waals surface area (Å²) in [6.45, 7) is 2.95. The molecule has 0 aromatic rings. The Balaban J connectivity index is 1.70. The van der Waals surface area contributed by atoms with Gasteiger partial charge in [0.15, 0.2) is 5.60 Å². The number of carbonyl (C=O) groups excluding carboxylic acids is 3. The Kier molecular flexibility index (Phi) is 4.52. The Hall–Kier alpha value is -1.67. The van der Waals surface area contributed by atoms with Crippen molar-refractivity contribution in [2.45, 2.75) is 50.2 Å². The second-order valence-electron chi connectivity index (χ2n) is 7.14. The molecule has 0 radical (unpaired) electrons. The van der Waals surface area contributed by atoms with Crippen molar-refractivity contribution in [3.05, 3.63) is 0 Å². The van der Waals surface area contributed by atoms with E-state index in [1.807, 2.05) is 0 Å². The molecule has 3 aliphatic rings. The van der Waals surface area contributed by atoms with Gasteiger partial charge >= 0.3 is 6.03 Å². The summed E-state index contributed by atoms with van der Waals surface area (Å²) in [4.78, 5) is 40.0. The summed E-state index contributed by atoms with van der Waals surface area (Å²) in [7, 11) is 0. The molecule has 2 aliphatic heterocycles. The van der Waals surface area contributed by atoms with E-state index in [0.29, 0.717) is 45.6 Å². The summed E-state index contributed by atoms with van der Waals surface area (Å²) in [6.07, 6.45) is 3.72. The van der Waals surface area contributed by atoms with E-state index in [9.17, 15) is 19.5 Å². The van der Waals surface area contributed by atoms with E-state index < -0.39 is 23.1 Å². The second-order valence-corrected chi connectivity index (χ2v) is 7.14. The van der Waals surface area contributed by atoms with Crippen LogP contribution in [0.3, 0.4) is 0 Å². The zero-order chi connectivity index (χ0) is 17.4. The molecule has 1 saturated carbocycles. The minimum Gasteiger partial charge on any atom is -0.380 e. The van der Waals surface area contributed by atoms with Crippen LogP contribution < -0.4 is 5.32 Å². The Morgan fingerprint density at radius 1 is 1.25 bits per heavy atom. The van der Waals surface area contributed by atoms with Gasteiger partial charge in [-0.05, 0) is 26.2 Å². The van der Waals surface area contributed by atoms with Gasteiger partial charge in [0.1, 0.15) is 5.54 Å². The first-order valence-electron chi connectivity index (χ1n) is 8.59. The number of imide groups is 1. The van der Waals surface area contributed by atoms with Gasteiger partial charge in [-0.25, -0.2) is 4.79 Å². The van der Waals surface area contributed by atoms with Crippen LogP contribution in [0.5, 0.6) is 0 Å². The van der Waals surface area contributed by atoms with Crippen LogP contribution in [0.2, 0.25) is 0 Å².